The maximum Gasteiger partial charge on any atom is 0.389 e. The predicted molar refractivity (Wildman–Crippen MR) is 75.7 cm³/mol. The fraction of sp³-hybridized carbons (Fsp3) is 0.600. The summed E-state index contributed by atoms with van der Waals surface area (Å²) in [4.78, 5) is 0. The van der Waals surface area contributed by atoms with Crippen molar-refractivity contribution in [3.05, 3.63) is 23.8 Å². The van der Waals surface area contributed by atoms with Crippen LogP contribution < -0.4 is 15.2 Å². The number of hydrogen-bond donors (Lipinski definition) is 1. The van der Waals surface area contributed by atoms with E-state index < -0.39 is 12.6 Å². The second-order valence-electron chi connectivity index (χ2n) is 4.96. The van der Waals surface area contributed by atoms with Crippen LogP contribution in [0.15, 0.2) is 18.2 Å². The van der Waals surface area contributed by atoms with E-state index in [4.69, 9.17) is 15.2 Å². The van der Waals surface area contributed by atoms with Crippen LogP contribution in [-0.4, -0.2) is 25.4 Å². The van der Waals surface area contributed by atoms with Gasteiger partial charge < -0.3 is 15.2 Å². The fourth-order valence-corrected chi connectivity index (χ4v) is 1.89. The molecule has 0 aliphatic heterocycles. The van der Waals surface area contributed by atoms with Crippen molar-refractivity contribution >= 4 is 0 Å². The molecule has 0 radical (unpaired) electrons. The summed E-state index contributed by atoms with van der Waals surface area (Å²) in [6.07, 6.45) is -4.36. The van der Waals surface area contributed by atoms with Gasteiger partial charge in [-0.15, -0.1) is 0 Å². The van der Waals surface area contributed by atoms with Gasteiger partial charge in [-0.1, -0.05) is 6.07 Å². The van der Waals surface area contributed by atoms with Crippen molar-refractivity contribution in [2.24, 2.45) is 5.73 Å². The number of alkyl halides is 3. The molecule has 0 fully saturated rings. The number of halogens is 3. The minimum Gasteiger partial charge on any atom is -0.490 e. The number of nitrogens with two attached hydrogens (primary N) is 1. The van der Waals surface area contributed by atoms with E-state index >= 15 is 0 Å². The fourth-order valence-electron chi connectivity index (χ4n) is 1.89. The Bertz CT molecular complexity index is 433. The van der Waals surface area contributed by atoms with Crippen LogP contribution in [0.4, 0.5) is 13.2 Å². The lowest BCUT2D eigenvalue weighted by molar-refractivity contribution is -0.136. The lowest BCUT2D eigenvalue weighted by Crippen LogP contribution is -2.17. The first-order valence-electron chi connectivity index (χ1n) is 7.02. The smallest absolute Gasteiger partial charge is 0.389 e. The monoisotopic (exact) mass is 305 g/mol. The van der Waals surface area contributed by atoms with Crippen LogP contribution in [0, 0.1) is 0 Å². The second-order valence-corrected chi connectivity index (χ2v) is 4.96. The Balaban J connectivity index is 2.63. The van der Waals surface area contributed by atoms with Crippen molar-refractivity contribution in [1.82, 2.24) is 0 Å². The third-order valence-electron chi connectivity index (χ3n) is 2.73. The number of hydrogen-bond acceptors (Lipinski definition) is 3. The summed E-state index contributed by atoms with van der Waals surface area (Å²) in [5, 5.41) is 0. The molecule has 0 heterocycles. The van der Waals surface area contributed by atoms with Gasteiger partial charge in [-0.2, -0.15) is 13.2 Å². The molecule has 0 saturated carbocycles. The summed E-state index contributed by atoms with van der Waals surface area (Å²) in [5.74, 6) is 1.01. The van der Waals surface area contributed by atoms with E-state index in [2.05, 4.69) is 0 Å². The highest BCUT2D eigenvalue weighted by Crippen LogP contribution is 2.29. The Morgan fingerprint density at radius 1 is 1.19 bits per heavy atom. The molecule has 6 heteroatoms. The molecule has 21 heavy (non-hydrogen) atoms. The Morgan fingerprint density at radius 3 is 2.48 bits per heavy atom. The van der Waals surface area contributed by atoms with Crippen LogP contribution in [0.25, 0.3) is 0 Å². The third-order valence-corrected chi connectivity index (χ3v) is 2.73. The van der Waals surface area contributed by atoms with E-state index in [1.807, 2.05) is 26.0 Å². The largest absolute Gasteiger partial charge is 0.490 e. The molecular weight excluding hydrogens is 283 g/mol. The van der Waals surface area contributed by atoms with Gasteiger partial charge in [0.1, 0.15) is 0 Å². The molecule has 1 atom stereocenters. The average molecular weight is 305 g/mol. The van der Waals surface area contributed by atoms with Crippen LogP contribution >= 0.6 is 0 Å². The lowest BCUT2D eigenvalue weighted by atomic mass is 10.1. The Hall–Kier alpha value is -1.43. The van der Waals surface area contributed by atoms with Gasteiger partial charge in [0.25, 0.3) is 0 Å². The van der Waals surface area contributed by atoms with Crippen molar-refractivity contribution < 1.29 is 22.6 Å². The SMILES string of the molecule is CCOc1cc(CC(C)N)ccc1OCCCC(F)(F)F. The molecule has 0 aromatic heterocycles. The van der Waals surface area contributed by atoms with E-state index in [1.165, 1.54) is 0 Å². The Morgan fingerprint density at radius 2 is 1.90 bits per heavy atom. The van der Waals surface area contributed by atoms with Crippen molar-refractivity contribution in [1.29, 1.82) is 0 Å². The molecule has 0 bridgehead atoms. The number of benzene rings is 1. The summed E-state index contributed by atoms with van der Waals surface area (Å²) in [6.45, 7) is 4.21. The minimum absolute atomic E-state index is 0.00617. The topological polar surface area (TPSA) is 44.5 Å². The van der Waals surface area contributed by atoms with Crippen LogP contribution in [0.5, 0.6) is 11.5 Å². The second kappa shape index (κ2) is 8.12. The van der Waals surface area contributed by atoms with Crippen LogP contribution in [-0.2, 0) is 6.42 Å². The van der Waals surface area contributed by atoms with Crippen LogP contribution in [0.3, 0.4) is 0 Å². The lowest BCUT2D eigenvalue weighted by Gasteiger charge is -2.14. The molecule has 1 unspecified atom stereocenters. The first-order chi connectivity index (χ1) is 9.81. The standard InChI is InChI=1S/C15H22F3NO2/c1-3-20-14-10-12(9-11(2)19)5-6-13(14)21-8-4-7-15(16,17)18/h5-6,10-11H,3-4,7-9,19H2,1-2H3. The summed E-state index contributed by atoms with van der Waals surface area (Å²) in [5.41, 5.74) is 6.76. The van der Waals surface area contributed by atoms with Gasteiger partial charge in [0, 0.05) is 12.5 Å². The maximum absolute atomic E-state index is 12.1. The summed E-state index contributed by atoms with van der Waals surface area (Å²) in [7, 11) is 0. The minimum atomic E-state index is -4.15. The van der Waals surface area contributed by atoms with E-state index in [9.17, 15) is 13.2 Å². The van der Waals surface area contributed by atoms with E-state index in [-0.39, 0.29) is 19.1 Å². The zero-order valence-electron chi connectivity index (χ0n) is 12.4. The maximum atomic E-state index is 12.1. The molecule has 0 aliphatic carbocycles. The highest BCUT2D eigenvalue weighted by Gasteiger charge is 2.26. The third kappa shape index (κ3) is 7.22. The summed E-state index contributed by atoms with van der Waals surface area (Å²) < 4.78 is 47.0. The molecular formula is C15H22F3NO2. The van der Waals surface area contributed by atoms with Gasteiger partial charge in [0.15, 0.2) is 11.5 Å². The summed E-state index contributed by atoms with van der Waals surface area (Å²) in [6, 6.07) is 5.42. The molecule has 3 nitrogen and oxygen atoms in total. The Labute approximate surface area is 123 Å². The highest BCUT2D eigenvalue weighted by atomic mass is 19.4. The van der Waals surface area contributed by atoms with Crippen molar-refractivity contribution in [2.75, 3.05) is 13.2 Å². The van der Waals surface area contributed by atoms with Gasteiger partial charge in [0.2, 0.25) is 0 Å². The zero-order valence-corrected chi connectivity index (χ0v) is 12.4. The first-order valence-corrected chi connectivity index (χ1v) is 7.02. The van der Waals surface area contributed by atoms with Gasteiger partial charge >= 0.3 is 6.18 Å². The quantitative estimate of drug-likeness (QED) is 0.745. The van der Waals surface area contributed by atoms with E-state index in [1.54, 1.807) is 6.07 Å². The van der Waals surface area contributed by atoms with Crippen LogP contribution in [0.2, 0.25) is 0 Å². The molecule has 1 rings (SSSR count). The van der Waals surface area contributed by atoms with E-state index in [0.29, 0.717) is 24.5 Å². The van der Waals surface area contributed by atoms with Gasteiger partial charge in [-0.25, -0.2) is 0 Å². The van der Waals surface area contributed by atoms with Crippen molar-refractivity contribution in [2.45, 2.75) is 45.3 Å². The number of rotatable bonds is 8. The van der Waals surface area contributed by atoms with E-state index in [0.717, 1.165) is 5.56 Å². The zero-order chi connectivity index (χ0) is 15.9. The van der Waals surface area contributed by atoms with Crippen molar-refractivity contribution in [3.8, 4) is 11.5 Å². The normalized spacial score (nSPS) is 13.0. The number of ether oxygens (including phenoxy) is 2. The Kier molecular flexibility index (Phi) is 6.81. The van der Waals surface area contributed by atoms with Crippen molar-refractivity contribution in [3.63, 3.8) is 0 Å². The molecule has 1 aromatic rings. The molecule has 0 aliphatic rings. The molecule has 0 amide bonds. The predicted octanol–water partition coefficient (Wildman–Crippen LogP) is 3.70. The molecule has 120 valence electrons. The molecule has 0 spiro atoms. The van der Waals surface area contributed by atoms with Gasteiger partial charge in [-0.3, -0.25) is 0 Å². The van der Waals surface area contributed by atoms with Crippen LogP contribution in [0.1, 0.15) is 32.3 Å². The van der Waals surface area contributed by atoms with Gasteiger partial charge in [0.05, 0.1) is 13.2 Å². The highest BCUT2D eigenvalue weighted by molar-refractivity contribution is 5.43. The first kappa shape index (κ1) is 17.6. The molecule has 2 N–H and O–H groups in total. The average Bonchev–Trinajstić information content (AvgIpc) is 2.35. The van der Waals surface area contributed by atoms with Gasteiger partial charge in [-0.05, 0) is 44.4 Å². The molecule has 0 saturated heterocycles. The molecule has 1 aromatic carbocycles. The summed E-state index contributed by atoms with van der Waals surface area (Å²) >= 11 is 0.